The van der Waals surface area contributed by atoms with Crippen LogP contribution in [0.1, 0.15) is 31.4 Å². The average molecular weight is 345 g/mol. The van der Waals surface area contributed by atoms with Crippen molar-refractivity contribution in [1.29, 1.82) is 0 Å². The van der Waals surface area contributed by atoms with Crippen molar-refractivity contribution >= 4 is 17.8 Å². The summed E-state index contributed by atoms with van der Waals surface area (Å²) in [6.45, 7) is 3.37. The lowest BCUT2D eigenvalue weighted by molar-refractivity contribution is -0.146. The fraction of sp³-hybridized carbons (Fsp3) is 0.500. The minimum atomic E-state index is -0.642. The number of carbonyl (C=O) groups excluding carboxylic acids is 3. The maximum atomic E-state index is 13.0. The van der Waals surface area contributed by atoms with E-state index in [2.05, 4.69) is 10.6 Å². The summed E-state index contributed by atoms with van der Waals surface area (Å²) in [5.41, 5.74) is 0.823. The summed E-state index contributed by atoms with van der Waals surface area (Å²) in [6, 6.07) is 8.39. The van der Waals surface area contributed by atoms with E-state index in [1.165, 1.54) is 0 Å². The molecule has 134 valence electrons. The van der Waals surface area contributed by atoms with Crippen LogP contribution in [0.15, 0.2) is 30.3 Å². The lowest BCUT2D eigenvalue weighted by Gasteiger charge is -2.36. The Labute approximate surface area is 146 Å². The average Bonchev–Trinajstić information content (AvgIpc) is 2.98. The molecule has 0 spiro atoms. The molecule has 0 saturated carbocycles. The van der Waals surface area contributed by atoms with Crippen molar-refractivity contribution in [2.75, 3.05) is 19.7 Å². The molecule has 0 unspecified atom stereocenters. The van der Waals surface area contributed by atoms with Gasteiger partial charge in [-0.1, -0.05) is 30.3 Å². The molecule has 3 atom stereocenters. The summed E-state index contributed by atoms with van der Waals surface area (Å²) in [6.07, 6.45) is 0.952. The van der Waals surface area contributed by atoms with Crippen LogP contribution in [0.4, 0.5) is 4.79 Å². The number of hydrogen-bond donors (Lipinski definition) is 2. The second kappa shape index (κ2) is 7.65. The van der Waals surface area contributed by atoms with Gasteiger partial charge in [-0.25, -0.2) is 4.79 Å². The third-order valence-corrected chi connectivity index (χ3v) is 4.71. The molecule has 25 heavy (non-hydrogen) atoms. The van der Waals surface area contributed by atoms with Crippen molar-refractivity contribution in [2.45, 2.75) is 31.9 Å². The highest BCUT2D eigenvalue weighted by Gasteiger charge is 2.40. The number of piperidine rings is 1. The van der Waals surface area contributed by atoms with Gasteiger partial charge in [-0.15, -0.1) is 0 Å². The van der Waals surface area contributed by atoms with Crippen molar-refractivity contribution in [3.05, 3.63) is 35.9 Å². The van der Waals surface area contributed by atoms with Crippen LogP contribution in [-0.2, 0) is 14.3 Å². The van der Waals surface area contributed by atoms with Crippen LogP contribution in [0, 0.1) is 5.92 Å². The maximum absolute atomic E-state index is 13.0. The number of ether oxygens (including phenoxy) is 1. The number of urea groups is 1. The van der Waals surface area contributed by atoms with E-state index in [9.17, 15) is 14.4 Å². The summed E-state index contributed by atoms with van der Waals surface area (Å²) < 4.78 is 5.70. The molecule has 2 fully saturated rings. The van der Waals surface area contributed by atoms with Crippen LogP contribution in [0.25, 0.3) is 0 Å². The Kier molecular flexibility index (Phi) is 5.33. The number of nitrogens with zero attached hydrogens (tertiary/aromatic N) is 1. The second-order valence-corrected chi connectivity index (χ2v) is 6.37. The molecule has 2 aliphatic rings. The van der Waals surface area contributed by atoms with Crippen molar-refractivity contribution in [2.24, 2.45) is 5.92 Å². The van der Waals surface area contributed by atoms with Gasteiger partial charge in [-0.3, -0.25) is 14.9 Å². The molecule has 2 N–H and O–H groups in total. The van der Waals surface area contributed by atoms with Gasteiger partial charge in [0.1, 0.15) is 6.04 Å². The molecule has 3 rings (SSSR count). The van der Waals surface area contributed by atoms with E-state index >= 15 is 0 Å². The van der Waals surface area contributed by atoms with Crippen LogP contribution < -0.4 is 10.6 Å². The predicted octanol–water partition coefficient (Wildman–Crippen LogP) is 1.21. The Bertz CT molecular complexity index is 649. The normalized spacial score (nSPS) is 24.6. The highest BCUT2D eigenvalue weighted by molar-refractivity contribution is 6.04. The molecule has 7 nitrogen and oxygen atoms in total. The summed E-state index contributed by atoms with van der Waals surface area (Å²) in [5, 5.41) is 4.91. The number of imide groups is 1. The highest BCUT2D eigenvalue weighted by atomic mass is 16.5. The van der Waals surface area contributed by atoms with Gasteiger partial charge in [0.05, 0.1) is 0 Å². The highest BCUT2D eigenvalue weighted by Crippen LogP contribution is 2.26. The van der Waals surface area contributed by atoms with E-state index in [4.69, 9.17) is 4.74 Å². The zero-order valence-corrected chi connectivity index (χ0v) is 14.2. The molecule has 1 aromatic carbocycles. The van der Waals surface area contributed by atoms with E-state index in [1.807, 2.05) is 37.3 Å². The van der Waals surface area contributed by atoms with E-state index in [1.54, 1.807) is 4.90 Å². The molecule has 0 aromatic heterocycles. The summed E-state index contributed by atoms with van der Waals surface area (Å²) in [5.74, 6) is -0.488. The molecule has 0 bridgehead atoms. The van der Waals surface area contributed by atoms with Crippen LogP contribution in [0.2, 0.25) is 0 Å². The Hall–Kier alpha value is -2.41. The van der Waals surface area contributed by atoms with Gasteiger partial charge in [0, 0.05) is 25.6 Å². The van der Waals surface area contributed by atoms with Gasteiger partial charge in [0.2, 0.25) is 0 Å². The third-order valence-electron chi connectivity index (χ3n) is 4.71. The summed E-state index contributed by atoms with van der Waals surface area (Å²) in [4.78, 5) is 38.0. The van der Waals surface area contributed by atoms with Gasteiger partial charge < -0.3 is 15.0 Å². The van der Waals surface area contributed by atoms with Crippen molar-refractivity contribution in [1.82, 2.24) is 15.5 Å². The lowest BCUT2D eigenvalue weighted by Crippen LogP contribution is -2.49. The van der Waals surface area contributed by atoms with Crippen LogP contribution in [-0.4, -0.2) is 48.5 Å². The summed E-state index contributed by atoms with van der Waals surface area (Å²) >= 11 is 0. The summed E-state index contributed by atoms with van der Waals surface area (Å²) in [7, 11) is 0. The van der Waals surface area contributed by atoms with E-state index in [0.717, 1.165) is 18.4 Å². The number of carbonyl (C=O) groups is 3. The first-order valence-electron chi connectivity index (χ1n) is 8.67. The number of hydrogen-bond acceptors (Lipinski definition) is 4. The number of benzene rings is 1. The molecule has 7 heteroatoms. The van der Waals surface area contributed by atoms with Crippen molar-refractivity contribution in [3.8, 4) is 0 Å². The Morgan fingerprint density at radius 3 is 2.72 bits per heavy atom. The van der Waals surface area contributed by atoms with Crippen LogP contribution in [0.3, 0.4) is 0 Å². The smallest absolute Gasteiger partial charge is 0.322 e. The minimum absolute atomic E-state index is 0.0813. The van der Waals surface area contributed by atoms with Crippen LogP contribution >= 0.6 is 0 Å². The second-order valence-electron chi connectivity index (χ2n) is 6.37. The number of likely N-dealkylation sites (tertiary alicyclic amines) is 1. The number of amides is 4. The lowest BCUT2D eigenvalue weighted by atomic mass is 9.90. The van der Waals surface area contributed by atoms with Crippen molar-refractivity contribution in [3.63, 3.8) is 0 Å². The molecular formula is C18H23N3O4. The molecular weight excluding hydrogens is 322 g/mol. The predicted molar refractivity (Wildman–Crippen MR) is 90.6 cm³/mol. The standard InChI is InChI=1S/C18H23N3O4/c1-2-25-15(12-7-4-3-5-8-12)17(23)21-10-6-9-13(11-21)14-16(22)20-18(24)19-14/h3-5,7-8,13-15H,2,6,9-11H2,1H3,(H2,19,20,22,24)/t13-,14+,15-/m0/s1. The first kappa shape index (κ1) is 17.4. The third kappa shape index (κ3) is 3.82. The Balaban J connectivity index is 1.72. The quantitative estimate of drug-likeness (QED) is 0.785. The first-order chi connectivity index (χ1) is 12.1. The van der Waals surface area contributed by atoms with Gasteiger partial charge in [-0.2, -0.15) is 0 Å². The molecule has 0 radical (unpaired) electrons. The zero-order chi connectivity index (χ0) is 17.8. The zero-order valence-electron chi connectivity index (χ0n) is 14.2. The van der Waals surface area contributed by atoms with Gasteiger partial charge in [0.25, 0.3) is 11.8 Å². The Morgan fingerprint density at radius 2 is 2.08 bits per heavy atom. The SMILES string of the molecule is CCO[C@H](C(=O)N1CCC[C@H]([C@H]2NC(=O)NC2=O)C1)c1ccccc1. The molecule has 2 heterocycles. The van der Waals surface area contributed by atoms with Gasteiger partial charge >= 0.3 is 6.03 Å². The van der Waals surface area contributed by atoms with E-state index in [0.29, 0.717) is 19.7 Å². The topological polar surface area (TPSA) is 87.7 Å². The monoisotopic (exact) mass is 345 g/mol. The van der Waals surface area contributed by atoms with Gasteiger partial charge in [0.15, 0.2) is 6.10 Å². The molecule has 4 amide bonds. The fourth-order valence-electron chi connectivity index (χ4n) is 3.52. The van der Waals surface area contributed by atoms with Crippen LogP contribution in [0.5, 0.6) is 0 Å². The van der Waals surface area contributed by atoms with E-state index in [-0.39, 0.29) is 17.7 Å². The molecule has 0 aliphatic carbocycles. The number of nitrogens with one attached hydrogen (secondary N) is 2. The first-order valence-corrected chi connectivity index (χ1v) is 8.67. The Morgan fingerprint density at radius 1 is 1.32 bits per heavy atom. The number of rotatable bonds is 5. The fourth-order valence-corrected chi connectivity index (χ4v) is 3.52. The molecule has 2 saturated heterocycles. The maximum Gasteiger partial charge on any atom is 0.322 e. The molecule has 2 aliphatic heterocycles. The van der Waals surface area contributed by atoms with E-state index < -0.39 is 18.2 Å². The van der Waals surface area contributed by atoms with Crippen molar-refractivity contribution < 1.29 is 19.1 Å². The van der Waals surface area contributed by atoms with Gasteiger partial charge in [-0.05, 0) is 25.3 Å². The minimum Gasteiger partial charge on any atom is -0.364 e. The largest absolute Gasteiger partial charge is 0.364 e. The molecule has 1 aromatic rings.